The summed E-state index contributed by atoms with van der Waals surface area (Å²) in [7, 11) is 1.70. The van der Waals surface area contributed by atoms with Crippen LogP contribution in [-0.4, -0.2) is 47.3 Å². The molecule has 0 aliphatic carbocycles. The number of aromatic nitrogens is 2. The Labute approximate surface area is 128 Å². The minimum atomic E-state index is -0.295. The number of piperidine rings is 1. The van der Waals surface area contributed by atoms with E-state index in [9.17, 15) is 9.18 Å². The van der Waals surface area contributed by atoms with Crippen LogP contribution in [0.5, 0.6) is 0 Å². The largest absolute Gasteiger partial charge is 0.381 e. The number of carbonyl (C=O) groups excluding carboxylic acids is 1. The van der Waals surface area contributed by atoms with Crippen molar-refractivity contribution in [3.63, 3.8) is 0 Å². The molecule has 0 bridgehead atoms. The molecule has 0 radical (unpaired) electrons. The molecule has 6 heteroatoms. The number of ether oxygens (including phenoxy) is 1. The summed E-state index contributed by atoms with van der Waals surface area (Å²) in [6.45, 7) is 1.37. The van der Waals surface area contributed by atoms with E-state index in [1.807, 2.05) is 0 Å². The van der Waals surface area contributed by atoms with Crippen molar-refractivity contribution in [3.8, 4) is 11.3 Å². The van der Waals surface area contributed by atoms with Crippen molar-refractivity contribution >= 4 is 5.91 Å². The molecule has 2 heterocycles. The molecule has 0 unspecified atom stereocenters. The first-order valence-electron chi connectivity index (χ1n) is 7.31. The van der Waals surface area contributed by atoms with Gasteiger partial charge in [0.25, 0.3) is 5.91 Å². The molecule has 0 saturated carbocycles. The van der Waals surface area contributed by atoms with Gasteiger partial charge < -0.3 is 9.64 Å². The second-order valence-corrected chi connectivity index (χ2v) is 5.40. The second kappa shape index (κ2) is 6.27. The van der Waals surface area contributed by atoms with Crippen LogP contribution in [0, 0.1) is 5.82 Å². The summed E-state index contributed by atoms with van der Waals surface area (Å²) in [5.41, 5.74) is 1.86. The fraction of sp³-hybridized carbons (Fsp3) is 0.375. The Balaban J connectivity index is 1.71. The zero-order chi connectivity index (χ0) is 15.5. The summed E-state index contributed by atoms with van der Waals surface area (Å²) >= 11 is 0. The maximum atomic E-state index is 12.9. The number of carbonyl (C=O) groups is 1. The van der Waals surface area contributed by atoms with Gasteiger partial charge in [-0.2, -0.15) is 5.10 Å². The van der Waals surface area contributed by atoms with E-state index >= 15 is 0 Å². The lowest BCUT2D eigenvalue weighted by Crippen LogP contribution is -2.40. The zero-order valence-corrected chi connectivity index (χ0v) is 12.4. The molecule has 5 nitrogen and oxygen atoms in total. The average molecular weight is 303 g/mol. The number of nitrogens with one attached hydrogen (secondary N) is 1. The molecule has 1 fully saturated rings. The van der Waals surface area contributed by atoms with Crippen LogP contribution >= 0.6 is 0 Å². The van der Waals surface area contributed by atoms with Gasteiger partial charge in [-0.05, 0) is 43.2 Å². The number of likely N-dealkylation sites (tertiary alicyclic amines) is 1. The number of rotatable bonds is 3. The molecule has 1 amide bonds. The molecule has 116 valence electrons. The molecule has 2 aromatic rings. The van der Waals surface area contributed by atoms with Gasteiger partial charge in [0.2, 0.25) is 0 Å². The molecule has 1 aliphatic rings. The molecule has 3 rings (SSSR count). The van der Waals surface area contributed by atoms with Gasteiger partial charge in [-0.3, -0.25) is 9.89 Å². The lowest BCUT2D eigenvalue weighted by molar-refractivity contribution is 0.0347. The van der Waals surface area contributed by atoms with Crippen molar-refractivity contribution in [1.82, 2.24) is 15.1 Å². The summed E-state index contributed by atoms with van der Waals surface area (Å²) in [5, 5.41) is 6.92. The second-order valence-electron chi connectivity index (χ2n) is 5.40. The Bertz CT molecular complexity index is 646. The van der Waals surface area contributed by atoms with E-state index in [-0.39, 0.29) is 17.8 Å². The maximum Gasteiger partial charge on any atom is 0.271 e. The first kappa shape index (κ1) is 14.7. The molecule has 0 spiro atoms. The topological polar surface area (TPSA) is 58.2 Å². The van der Waals surface area contributed by atoms with Gasteiger partial charge in [0, 0.05) is 25.8 Å². The quantitative estimate of drug-likeness (QED) is 0.947. The van der Waals surface area contributed by atoms with Gasteiger partial charge in [0.1, 0.15) is 11.5 Å². The monoisotopic (exact) mass is 303 g/mol. The van der Waals surface area contributed by atoms with Crippen LogP contribution in [0.15, 0.2) is 30.3 Å². The van der Waals surface area contributed by atoms with Gasteiger partial charge in [-0.25, -0.2) is 4.39 Å². The molecule has 22 heavy (non-hydrogen) atoms. The number of H-pyrrole nitrogens is 1. The van der Waals surface area contributed by atoms with E-state index in [1.54, 1.807) is 30.2 Å². The number of amides is 1. The molecule has 1 aromatic carbocycles. The Morgan fingerprint density at radius 1 is 1.32 bits per heavy atom. The molecule has 1 aliphatic heterocycles. The first-order valence-corrected chi connectivity index (χ1v) is 7.31. The molecular formula is C16H18FN3O2. The van der Waals surface area contributed by atoms with Crippen LogP contribution < -0.4 is 0 Å². The van der Waals surface area contributed by atoms with Crippen molar-refractivity contribution in [3.05, 3.63) is 41.8 Å². The summed E-state index contributed by atoms with van der Waals surface area (Å²) in [6, 6.07) is 7.74. The Morgan fingerprint density at radius 2 is 2.00 bits per heavy atom. The zero-order valence-electron chi connectivity index (χ0n) is 12.4. The predicted octanol–water partition coefficient (Wildman–Crippen LogP) is 2.47. The summed E-state index contributed by atoms with van der Waals surface area (Å²) in [4.78, 5) is 14.3. The number of hydrogen-bond donors (Lipinski definition) is 1. The van der Waals surface area contributed by atoms with Crippen molar-refractivity contribution in [1.29, 1.82) is 0 Å². The summed E-state index contributed by atoms with van der Waals surface area (Å²) < 4.78 is 18.2. The number of methoxy groups -OCH3 is 1. The lowest BCUT2D eigenvalue weighted by Gasteiger charge is -2.30. The minimum Gasteiger partial charge on any atom is -0.381 e. The van der Waals surface area contributed by atoms with Gasteiger partial charge >= 0.3 is 0 Å². The van der Waals surface area contributed by atoms with Gasteiger partial charge in [0.15, 0.2) is 0 Å². The van der Waals surface area contributed by atoms with Crippen LogP contribution in [0.4, 0.5) is 4.39 Å². The van der Waals surface area contributed by atoms with Gasteiger partial charge in [-0.1, -0.05) is 0 Å². The Kier molecular flexibility index (Phi) is 4.20. The van der Waals surface area contributed by atoms with E-state index in [2.05, 4.69) is 10.2 Å². The van der Waals surface area contributed by atoms with E-state index in [0.717, 1.165) is 18.4 Å². The van der Waals surface area contributed by atoms with Crippen LogP contribution in [-0.2, 0) is 4.74 Å². The minimum absolute atomic E-state index is 0.0598. The fourth-order valence-electron chi connectivity index (χ4n) is 2.66. The highest BCUT2D eigenvalue weighted by Gasteiger charge is 2.24. The normalized spacial score (nSPS) is 16.0. The highest BCUT2D eigenvalue weighted by molar-refractivity contribution is 5.93. The first-order chi connectivity index (χ1) is 10.7. The van der Waals surface area contributed by atoms with Crippen molar-refractivity contribution in [2.75, 3.05) is 20.2 Å². The third-order valence-corrected chi connectivity index (χ3v) is 4.01. The van der Waals surface area contributed by atoms with Crippen LogP contribution in [0.1, 0.15) is 23.3 Å². The average Bonchev–Trinajstić information content (AvgIpc) is 3.05. The standard InChI is InChI=1S/C16H18FN3O2/c1-22-13-6-8-20(9-7-13)16(21)15-10-14(18-19-15)11-2-4-12(17)5-3-11/h2-5,10,13H,6-9H2,1H3,(H,18,19). The Morgan fingerprint density at radius 3 is 2.64 bits per heavy atom. The number of nitrogens with zero attached hydrogens (tertiary/aromatic N) is 2. The summed E-state index contributed by atoms with van der Waals surface area (Å²) in [6.07, 6.45) is 1.93. The molecule has 1 N–H and O–H groups in total. The molecule has 1 saturated heterocycles. The fourth-order valence-corrected chi connectivity index (χ4v) is 2.66. The highest BCUT2D eigenvalue weighted by atomic mass is 19.1. The van der Waals surface area contributed by atoms with Crippen LogP contribution in [0.2, 0.25) is 0 Å². The van der Waals surface area contributed by atoms with E-state index in [0.29, 0.717) is 24.5 Å². The van der Waals surface area contributed by atoms with Crippen LogP contribution in [0.25, 0.3) is 11.3 Å². The third kappa shape index (κ3) is 3.01. The SMILES string of the molecule is COC1CCN(C(=O)c2cc(-c3ccc(F)cc3)n[nH]2)CC1. The molecular weight excluding hydrogens is 285 g/mol. The Hall–Kier alpha value is -2.21. The number of halogens is 1. The predicted molar refractivity (Wildman–Crippen MR) is 79.9 cm³/mol. The van der Waals surface area contributed by atoms with Crippen molar-refractivity contribution in [2.24, 2.45) is 0 Å². The van der Waals surface area contributed by atoms with E-state index in [1.165, 1.54) is 12.1 Å². The lowest BCUT2D eigenvalue weighted by atomic mass is 10.1. The molecule has 1 aromatic heterocycles. The van der Waals surface area contributed by atoms with Gasteiger partial charge in [-0.15, -0.1) is 0 Å². The van der Waals surface area contributed by atoms with E-state index < -0.39 is 0 Å². The van der Waals surface area contributed by atoms with Crippen molar-refractivity contribution < 1.29 is 13.9 Å². The number of hydrogen-bond acceptors (Lipinski definition) is 3. The van der Waals surface area contributed by atoms with Gasteiger partial charge in [0.05, 0.1) is 11.8 Å². The third-order valence-electron chi connectivity index (χ3n) is 4.01. The molecule has 0 atom stereocenters. The summed E-state index contributed by atoms with van der Waals surface area (Å²) in [5.74, 6) is -0.355. The van der Waals surface area contributed by atoms with Crippen molar-refractivity contribution in [2.45, 2.75) is 18.9 Å². The van der Waals surface area contributed by atoms with E-state index in [4.69, 9.17) is 4.74 Å². The maximum absolute atomic E-state index is 12.9. The van der Waals surface area contributed by atoms with Crippen LogP contribution in [0.3, 0.4) is 0 Å². The number of benzene rings is 1. The number of aromatic amines is 1. The highest BCUT2D eigenvalue weighted by Crippen LogP contribution is 2.20. The smallest absolute Gasteiger partial charge is 0.271 e.